The first kappa shape index (κ1) is 15.0. The number of benzene rings is 2. The summed E-state index contributed by atoms with van der Waals surface area (Å²) in [6.45, 7) is 0. The molecule has 3 rings (SSSR count). The van der Waals surface area contributed by atoms with E-state index in [4.69, 9.17) is 11.6 Å². The molecule has 0 aliphatic carbocycles. The Morgan fingerprint density at radius 3 is 2.41 bits per heavy atom. The van der Waals surface area contributed by atoms with E-state index in [2.05, 4.69) is 9.71 Å². The molecule has 22 heavy (non-hydrogen) atoms. The summed E-state index contributed by atoms with van der Waals surface area (Å²) in [7, 11) is -3.75. The van der Waals surface area contributed by atoms with Crippen molar-refractivity contribution in [1.29, 1.82) is 0 Å². The molecule has 0 saturated carbocycles. The van der Waals surface area contributed by atoms with Gasteiger partial charge in [0.05, 0.1) is 10.7 Å². The topological polar surface area (TPSA) is 59.1 Å². The third-order valence-electron chi connectivity index (χ3n) is 2.92. The van der Waals surface area contributed by atoms with Gasteiger partial charge in [-0.25, -0.2) is 13.4 Å². The highest BCUT2D eigenvalue weighted by Crippen LogP contribution is 2.28. The summed E-state index contributed by atoms with van der Waals surface area (Å²) < 4.78 is 27.1. The highest BCUT2D eigenvalue weighted by atomic mass is 35.5. The summed E-state index contributed by atoms with van der Waals surface area (Å²) in [5.41, 5.74) is 1.66. The standard InChI is InChI=1S/C15H11ClN2O2S2/c16-12-8-4-5-9-14(12)22(19,20)18-15-17-13(10-21-15)11-6-2-1-3-7-11/h1-10H,(H,17,18). The molecule has 2 aromatic carbocycles. The molecule has 0 amide bonds. The van der Waals surface area contributed by atoms with Crippen LogP contribution in [0, 0.1) is 0 Å². The second kappa shape index (κ2) is 6.08. The minimum atomic E-state index is -3.75. The van der Waals surface area contributed by atoms with Crippen LogP contribution in [0.5, 0.6) is 0 Å². The lowest BCUT2D eigenvalue weighted by molar-refractivity contribution is 0.601. The molecule has 1 N–H and O–H groups in total. The predicted octanol–water partition coefficient (Wildman–Crippen LogP) is 4.26. The Labute approximate surface area is 137 Å². The van der Waals surface area contributed by atoms with Crippen molar-refractivity contribution in [3.8, 4) is 11.3 Å². The molecule has 1 aromatic heterocycles. The van der Waals surface area contributed by atoms with E-state index in [9.17, 15) is 8.42 Å². The van der Waals surface area contributed by atoms with Crippen molar-refractivity contribution in [3.05, 3.63) is 65.0 Å². The van der Waals surface area contributed by atoms with Gasteiger partial charge in [0.15, 0.2) is 5.13 Å². The zero-order valence-corrected chi connectivity index (χ0v) is 13.6. The minimum absolute atomic E-state index is 0.0353. The smallest absolute Gasteiger partial charge is 0.255 e. The van der Waals surface area contributed by atoms with Crippen LogP contribution in [0.2, 0.25) is 5.02 Å². The molecule has 0 saturated heterocycles. The maximum Gasteiger partial charge on any atom is 0.265 e. The van der Waals surface area contributed by atoms with Crippen LogP contribution in [-0.2, 0) is 10.0 Å². The maximum absolute atomic E-state index is 12.3. The Morgan fingerprint density at radius 1 is 1.00 bits per heavy atom. The lowest BCUT2D eigenvalue weighted by atomic mass is 10.2. The molecule has 0 aliphatic heterocycles. The van der Waals surface area contributed by atoms with Crippen LogP contribution in [0.25, 0.3) is 11.3 Å². The third-order valence-corrected chi connectivity index (χ3v) is 5.65. The van der Waals surface area contributed by atoms with Crippen LogP contribution < -0.4 is 4.72 Å². The average Bonchev–Trinajstić information content (AvgIpc) is 2.96. The van der Waals surface area contributed by atoms with Gasteiger partial charge in [0, 0.05) is 10.9 Å². The number of halogens is 1. The lowest BCUT2D eigenvalue weighted by Gasteiger charge is -2.06. The Hall–Kier alpha value is -1.89. The van der Waals surface area contributed by atoms with Crippen LogP contribution in [0.1, 0.15) is 0 Å². The number of anilines is 1. The Balaban J connectivity index is 1.88. The predicted molar refractivity (Wildman–Crippen MR) is 89.8 cm³/mol. The second-order valence-electron chi connectivity index (χ2n) is 4.44. The molecule has 0 radical (unpaired) electrons. The number of nitrogens with zero attached hydrogens (tertiary/aromatic N) is 1. The number of thiazole rings is 1. The SMILES string of the molecule is O=S(=O)(Nc1nc(-c2ccccc2)cs1)c1ccccc1Cl. The van der Waals surface area contributed by atoms with Gasteiger partial charge in [-0.2, -0.15) is 0 Å². The van der Waals surface area contributed by atoms with Gasteiger partial charge in [-0.05, 0) is 12.1 Å². The van der Waals surface area contributed by atoms with Crippen molar-refractivity contribution in [2.24, 2.45) is 0 Å². The highest BCUT2D eigenvalue weighted by molar-refractivity contribution is 7.93. The lowest BCUT2D eigenvalue weighted by Crippen LogP contribution is -2.13. The Bertz CT molecular complexity index is 893. The molecule has 112 valence electrons. The third kappa shape index (κ3) is 3.14. The van der Waals surface area contributed by atoms with Gasteiger partial charge < -0.3 is 0 Å². The average molecular weight is 351 g/mol. The molecule has 3 aromatic rings. The summed E-state index contributed by atoms with van der Waals surface area (Å²) in [5.74, 6) is 0. The highest BCUT2D eigenvalue weighted by Gasteiger charge is 2.19. The summed E-state index contributed by atoms with van der Waals surface area (Å²) >= 11 is 7.17. The number of nitrogens with one attached hydrogen (secondary N) is 1. The van der Waals surface area contributed by atoms with Crippen LogP contribution >= 0.6 is 22.9 Å². The fourth-order valence-electron chi connectivity index (χ4n) is 1.89. The van der Waals surface area contributed by atoms with Gasteiger partial charge >= 0.3 is 0 Å². The van der Waals surface area contributed by atoms with E-state index in [1.165, 1.54) is 23.5 Å². The number of sulfonamides is 1. The molecule has 1 heterocycles. The quantitative estimate of drug-likeness (QED) is 0.764. The normalized spacial score (nSPS) is 11.3. The first-order valence-electron chi connectivity index (χ1n) is 6.34. The molecule has 0 bridgehead atoms. The van der Waals surface area contributed by atoms with E-state index in [0.29, 0.717) is 5.13 Å². The zero-order valence-electron chi connectivity index (χ0n) is 11.2. The van der Waals surface area contributed by atoms with E-state index in [1.54, 1.807) is 17.5 Å². The number of aromatic nitrogens is 1. The fraction of sp³-hybridized carbons (Fsp3) is 0. The zero-order chi connectivity index (χ0) is 15.6. The first-order chi connectivity index (χ1) is 10.6. The molecule has 4 nitrogen and oxygen atoms in total. The molecular formula is C15H11ClN2O2S2. The summed E-state index contributed by atoms with van der Waals surface area (Å²) in [4.78, 5) is 4.34. The van der Waals surface area contributed by atoms with E-state index in [1.807, 2.05) is 30.3 Å². The summed E-state index contributed by atoms with van der Waals surface area (Å²) in [6, 6.07) is 15.9. The van der Waals surface area contributed by atoms with Crippen molar-refractivity contribution in [2.75, 3.05) is 4.72 Å². The van der Waals surface area contributed by atoms with Gasteiger partial charge in [-0.3, -0.25) is 4.72 Å². The molecule has 0 spiro atoms. The minimum Gasteiger partial charge on any atom is -0.255 e. The Kier molecular flexibility index (Phi) is 4.15. The van der Waals surface area contributed by atoms with E-state index in [0.717, 1.165) is 11.3 Å². The molecular weight excluding hydrogens is 340 g/mol. The Morgan fingerprint density at radius 2 is 1.68 bits per heavy atom. The fourth-order valence-corrected chi connectivity index (χ4v) is 4.39. The number of hydrogen-bond acceptors (Lipinski definition) is 4. The van der Waals surface area contributed by atoms with Crippen molar-refractivity contribution < 1.29 is 8.42 Å². The molecule has 0 unspecified atom stereocenters. The monoisotopic (exact) mass is 350 g/mol. The van der Waals surface area contributed by atoms with Gasteiger partial charge in [0.2, 0.25) is 0 Å². The molecule has 0 fully saturated rings. The summed E-state index contributed by atoms with van der Waals surface area (Å²) in [5, 5.41) is 2.29. The van der Waals surface area contributed by atoms with Gasteiger partial charge in [-0.15, -0.1) is 11.3 Å². The number of rotatable bonds is 4. The van der Waals surface area contributed by atoms with Gasteiger partial charge in [0.1, 0.15) is 4.90 Å². The largest absolute Gasteiger partial charge is 0.265 e. The molecule has 0 atom stereocenters. The van der Waals surface area contributed by atoms with Crippen molar-refractivity contribution >= 4 is 38.1 Å². The molecule has 7 heteroatoms. The van der Waals surface area contributed by atoms with Crippen molar-refractivity contribution in [1.82, 2.24) is 4.98 Å². The number of hydrogen-bond donors (Lipinski definition) is 1. The second-order valence-corrected chi connectivity index (χ2v) is 7.36. The van der Waals surface area contributed by atoms with E-state index >= 15 is 0 Å². The first-order valence-corrected chi connectivity index (χ1v) is 9.09. The van der Waals surface area contributed by atoms with Crippen LogP contribution in [0.4, 0.5) is 5.13 Å². The van der Waals surface area contributed by atoms with E-state index < -0.39 is 10.0 Å². The van der Waals surface area contributed by atoms with Crippen molar-refractivity contribution in [2.45, 2.75) is 4.90 Å². The van der Waals surface area contributed by atoms with Crippen LogP contribution in [-0.4, -0.2) is 13.4 Å². The maximum atomic E-state index is 12.3. The van der Waals surface area contributed by atoms with Crippen LogP contribution in [0.15, 0.2) is 64.9 Å². The van der Waals surface area contributed by atoms with Gasteiger partial charge in [-0.1, -0.05) is 54.1 Å². The van der Waals surface area contributed by atoms with E-state index in [-0.39, 0.29) is 9.92 Å². The van der Waals surface area contributed by atoms with Crippen molar-refractivity contribution in [3.63, 3.8) is 0 Å². The van der Waals surface area contributed by atoms with Crippen LogP contribution in [0.3, 0.4) is 0 Å². The molecule has 0 aliphatic rings. The van der Waals surface area contributed by atoms with Gasteiger partial charge in [0.25, 0.3) is 10.0 Å². The summed E-state index contributed by atoms with van der Waals surface area (Å²) in [6.07, 6.45) is 0.